The third kappa shape index (κ3) is 4.33. The lowest BCUT2D eigenvalue weighted by atomic mass is 10.0. The predicted molar refractivity (Wildman–Crippen MR) is 102 cm³/mol. The van der Waals surface area contributed by atoms with Crippen LogP contribution in [0.1, 0.15) is 20.3 Å². The van der Waals surface area contributed by atoms with Crippen LogP contribution in [0.2, 0.25) is 0 Å². The minimum Gasteiger partial charge on any atom is -0.463 e. The molecule has 0 fully saturated rings. The van der Waals surface area contributed by atoms with Crippen LogP contribution in [-0.2, 0) is 25.6 Å². The summed E-state index contributed by atoms with van der Waals surface area (Å²) >= 11 is 0. The number of hydrogen-bond donors (Lipinski definition) is 2. The van der Waals surface area contributed by atoms with Gasteiger partial charge in [-0.3, -0.25) is 4.79 Å². The van der Waals surface area contributed by atoms with Gasteiger partial charge in [0.1, 0.15) is 6.61 Å². The van der Waals surface area contributed by atoms with E-state index in [-0.39, 0.29) is 30.9 Å². The summed E-state index contributed by atoms with van der Waals surface area (Å²) in [5, 5.41) is 6.23. The molecule has 2 N–H and O–H groups in total. The first-order valence-electron chi connectivity index (χ1n) is 9.16. The fourth-order valence-corrected chi connectivity index (χ4v) is 3.17. The van der Waals surface area contributed by atoms with Gasteiger partial charge in [0, 0.05) is 18.3 Å². The summed E-state index contributed by atoms with van der Waals surface area (Å²) in [5.74, 6) is -0.971. The molecule has 2 heterocycles. The number of amides is 2. The molecule has 0 unspecified atom stereocenters. The van der Waals surface area contributed by atoms with Gasteiger partial charge in [-0.15, -0.1) is 0 Å². The molecular formula is C20H23N3O5. The second kappa shape index (κ2) is 8.60. The Kier molecular flexibility index (Phi) is 5.98. The molecule has 1 atom stereocenters. The van der Waals surface area contributed by atoms with E-state index in [0.717, 1.165) is 10.9 Å². The zero-order valence-corrected chi connectivity index (χ0v) is 15.9. The lowest BCUT2D eigenvalue weighted by molar-refractivity contribution is -0.144. The number of nitrogens with zero attached hydrogens (tertiary/aromatic N) is 1. The van der Waals surface area contributed by atoms with E-state index in [0.29, 0.717) is 6.54 Å². The quantitative estimate of drug-likeness (QED) is 0.711. The summed E-state index contributed by atoms with van der Waals surface area (Å²) in [6.45, 7) is 3.85. The first-order chi connectivity index (χ1) is 13.5. The second-order valence-electron chi connectivity index (χ2n) is 6.41. The molecule has 1 aromatic carbocycles. The van der Waals surface area contributed by atoms with Crippen LogP contribution in [0.5, 0.6) is 0 Å². The summed E-state index contributed by atoms with van der Waals surface area (Å²) < 4.78 is 12.3. The van der Waals surface area contributed by atoms with Crippen molar-refractivity contribution in [1.29, 1.82) is 0 Å². The molecule has 1 aromatic heterocycles. The van der Waals surface area contributed by atoms with Crippen LogP contribution >= 0.6 is 0 Å². The molecular weight excluding hydrogens is 362 g/mol. The van der Waals surface area contributed by atoms with Crippen LogP contribution in [-0.4, -0.2) is 41.8 Å². The molecule has 0 saturated heterocycles. The molecule has 3 rings (SSSR count). The summed E-state index contributed by atoms with van der Waals surface area (Å²) in [4.78, 5) is 36.0. The fraction of sp³-hybridized carbons (Fsp3) is 0.350. The van der Waals surface area contributed by atoms with Gasteiger partial charge in [0.15, 0.2) is 0 Å². The monoisotopic (exact) mass is 385 g/mol. The predicted octanol–water partition coefficient (Wildman–Crippen LogP) is 2.09. The van der Waals surface area contributed by atoms with E-state index in [2.05, 4.69) is 10.6 Å². The normalized spacial score (nSPS) is 16.5. The molecule has 0 radical (unpaired) electrons. The maximum atomic E-state index is 12.2. The van der Waals surface area contributed by atoms with Crippen molar-refractivity contribution in [3.63, 3.8) is 0 Å². The van der Waals surface area contributed by atoms with E-state index in [1.54, 1.807) is 13.8 Å². The van der Waals surface area contributed by atoms with Crippen molar-refractivity contribution in [3.05, 3.63) is 47.8 Å². The third-order valence-electron chi connectivity index (χ3n) is 4.48. The Bertz CT molecular complexity index is 931. The third-order valence-corrected chi connectivity index (χ3v) is 4.48. The zero-order chi connectivity index (χ0) is 20.1. The summed E-state index contributed by atoms with van der Waals surface area (Å²) in [6.07, 6.45) is 2.09. The molecule has 0 saturated carbocycles. The number of hydrogen-bond acceptors (Lipinski definition) is 5. The smallest absolute Gasteiger partial charge is 0.338 e. The molecule has 8 nitrogen and oxygen atoms in total. The number of aryl methyl sites for hydroxylation is 1. The number of benzene rings is 1. The Morgan fingerprint density at radius 3 is 2.75 bits per heavy atom. The number of carbonyl (C=O) groups excluding carboxylic acids is 3. The minimum atomic E-state index is -0.549. The number of carbonyl (C=O) groups is 3. The van der Waals surface area contributed by atoms with Gasteiger partial charge >= 0.3 is 18.0 Å². The van der Waals surface area contributed by atoms with Gasteiger partial charge in [0.05, 0.1) is 30.3 Å². The lowest BCUT2D eigenvalue weighted by Gasteiger charge is -2.26. The Morgan fingerprint density at radius 1 is 1.18 bits per heavy atom. The highest BCUT2D eigenvalue weighted by Crippen LogP contribution is 2.17. The summed E-state index contributed by atoms with van der Waals surface area (Å²) in [5.41, 5.74) is 1.54. The molecule has 2 amide bonds. The maximum absolute atomic E-state index is 12.2. The van der Waals surface area contributed by atoms with E-state index in [9.17, 15) is 14.4 Å². The van der Waals surface area contributed by atoms with Gasteiger partial charge in [-0.25, -0.2) is 9.59 Å². The van der Waals surface area contributed by atoms with Crippen molar-refractivity contribution < 1.29 is 23.9 Å². The van der Waals surface area contributed by atoms with E-state index < -0.39 is 24.0 Å². The largest absolute Gasteiger partial charge is 0.463 e. The molecule has 1 aliphatic rings. The Morgan fingerprint density at radius 2 is 1.96 bits per heavy atom. The molecule has 0 spiro atoms. The maximum Gasteiger partial charge on any atom is 0.338 e. The molecule has 2 aromatic rings. The standard InChI is InChI=1S/C20H23N3O5/c1-3-27-19(25)18-13(2)21-20(26)22-15(18)12-28-17(24)9-11-23-10-8-14-6-4-5-7-16(14)23/h4-8,10,13H,3,9,11-12H2,1-2H3,(H2,21,22,26)/t13-/m0/s1. The first-order valence-corrected chi connectivity index (χ1v) is 9.16. The number of para-hydroxylation sites is 1. The van der Waals surface area contributed by atoms with Crippen LogP contribution < -0.4 is 10.6 Å². The molecule has 0 bridgehead atoms. The molecule has 28 heavy (non-hydrogen) atoms. The first kappa shape index (κ1) is 19.5. The van der Waals surface area contributed by atoms with Gasteiger partial charge in [-0.2, -0.15) is 0 Å². The number of nitrogens with one attached hydrogen (secondary N) is 2. The van der Waals surface area contributed by atoms with Crippen molar-refractivity contribution in [1.82, 2.24) is 15.2 Å². The van der Waals surface area contributed by atoms with Crippen LogP contribution in [0.15, 0.2) is 47.8 Å². The van der Waals surface area contributed by atoms with E-state index in [1.165, 1.54) is 0 Å². The Labute approximate surface area is 162 Å². The Balaban J connectivity index is 1.62. The van der Waals surface area contributed by atoms with E-state index in [1.807, 2.05) is 41.1 Å². The highest BCUT2D eigenvalue weighted by atomic mass is 16.5. The van der Waals surface area contributed by atoms with Crippen LogP contribution in [0.4, 0.5) is 4.79 Å². The van der Waals surface area contributed by atoms with Crippen molar-refractivity contribution in [3.8, 4) is 0 Å². The molecule has 0 aliphatic carbocycles. The fourth-order valence-electron chi connectivity index (χ4n) is 3.17. The number of aromatic nitrogens is 1. The highest BCUT2D eigenvalue weighted by Gasteiger charge is 2.30. The van der Waals surface area contributed by atoms with Crippen molar-refractivity contribution in [2.75, 3.05) is 13.2 Å². The molecule has 1 aliphatic heterocycles. The van der Waals surface area contributed by atoms with Crippen molar-refractivity contribution >= 4 is 28.9 Å². The highest BCUT2D eigenvalue weighted by molar-refractivity contribution is 5.94. The number of rotatable bonds is 7. The van der Waals surface area contributed by atoms with Crippen molar-refractivity contribution in [2.45, 2.75) is 32.9 Å². The van der Waals surface area contributed by atoms with Gasteiger partial charge in [-0.05, 0) is 31.4 Å². The average Bonchev–Trinajstić information content (AvgIpc) is 3.07. The zero-order valence-electron chi connectivity index (χ0n) is 15.9. The summed E-state index contributed by atoms with van der Waals surface area (Å²) in [6, 6.07) is 8.91. The summed E-state index contributed by atoms with van der Waals surface area (Å²) in [7, 11) is 0. The SMILES string of the molecule is CCOC(=O)C1=C(COC(=O)CCn2ccc3ccccc32)NC(=O)N[C@H]1C. The van der Waals surface area contributed by atoms with E-state index in [4.69, 9.17) is 9.47 Å². The number of ether oxygens (including phenoxy) is 2. The van der Waals surface area contributed by atoms with E-state index >= 15 is 0 Å². The molecule has 148 valence electrons. The van der Waals surface area contributed by atoms with Crippen LogP contribution in [0.25, 0.3) is 10.9 Å². The topological polar surface area (TPSA) is 98.7 Å². The van der Waals surface area contributed by atoms with Gasteiger partial charge in [0.2, 0.25) is 0 Å². The second-order valence-corrected chi connectivity index (χ2v) is 6.41. The Hall–Kier alpha value is -3.29. The van der Waals surface area contributed by atoms with Crippen molar-refractivity contribution in [2.24, 2.45) is 0 Å². The van der Waals surface area contributed by atoms with Gasteiger partial charge in [0.25, 0.3) is 0 Å². The number of fused-ring (bicyclic) bond motifs is 1. The average molecular weight is 385 g/mol. The lowest BCUT2D eigenvalue weighted by Crippen LogP contribution is -2.50. The number of esters is 2. The van der Waals surface area contributed by atoms with Gasteiger partial charge in [-0.1, -0.05) is 18.2 Å². The minimum absolute atomic E-state index is 0.169. The van der Waals surface area contributed by atoms with Gasteiger partial charge < -0.3 is 24.7 Å². The van der Waals surface area contributed by atoms with Crippen LogP contribution in [0, 0.1) is 0 Å². The molecule has 8 heteroatoms. The van der Waals surface area contributed by atoms with Crippen LogP contribution in [0.3, 0.4) is 0 Å². The number of urea groups is 1.